The maximum Gasteiger partial charge on any atom is 0.423 e. The molecule has 3 unspecified atom stereocenters. The SMILES string of the molecule is CC(C)(O)c1ccc(Oc2ccc(C(O)(CCS(=O)CCC(N)C(=O)O)C(F)(F)F)nc2)cc1. The van der Waals surface area contributed by atoms with Crippen molar-refractivity contribution in [3.8, 4) is 11.5 Å². The topological polar surface area (TPSA) is 143 Å². The van der Waals surface area contributed by atoms with Crippen molar-refractivity contribution in [1.29, 1.82) is 0 Å². The number of hydrogen-bond acceptors (Lipinski definition) is 7. The number of benzene rings is 1. The highest BCUT2D eigenvalue weighted by molar-refractivity contribution is 7.84. The smallest absolute Gasteiger partial charge is 0.423 e. The number of carbonyl (C=O) groups is 1. The molecule has 0 aliphatic rings. The predicted octanol–water partition coefficient (Wildman–Crippen LogP) is 2.79. The Kier molecular flexibility index (Phi) is 8.81. The number of aliphatic hydroxyl groups is 2. The van der Waals surface area contributed by atoms with Gasteiger partial charge in [-0.2, -0.15) is 13.2 Å². The maximum atomic E-state index is 13.7. The van der Waals surface area contributed by atoms with Gasteiger partial charge in [0.15, 0.2) is 0 Å². The van der Waals surface area contributed by atoms with Crippen molar-refractivity contribution in [3.63, 3.8) is 0 Å². The van der Waals surface area contributed by atoms with Gasteiger partial charge in [0, 0.05) is 28.7 Å². The van der Waals surface area contributed by atoms with E-state index in [9.17, 15) is 32.4 Å². The Hall–Kier alpha value is -2.54. The minimum atomic E-state index is -5.10. The van der Waals surface area contributed by atoms with E-state index in [4.69, 9.17) is 15.6 Å². The molecule has 0 saturated carbocycles. The highest BCUT2D eigenvalue weighted by Gasteiger charge is 2.55. The van der Waals surface area contributed by atoms with Gasteiger partial charge in [0.2, 0.25) is 5.60 Å². The van der Waals surface area contributed by atoms with Crippen LogP contribution >= 0.6 is 0 Å². The fourth-order valence-corrected chi connectivity index (χ4v) is 4.16. The lowest BCUT2D eigenvalue weighted by Gasteiger charge is -2.30. The van der Waals surface area contributed by atoms with Gasteiger partial charge >= 0.3 is 12.1 Å². The van der Waals surface area contributed by atoms with Gasteiger partial charge in [-0.05, 0) is 50.1 Å². The summed E-state index contributed by atoms with van der Waals surface area (Å²) in [5, 5.41) is 29.1. The second kappa shape index (κ2) is 10.8. The minimum absolute atomic E-state index is 0.121. The number of hydrogen-bond donors (Lipinski definition) is 4. The summed E-state index contributed by atoms with van der Waals surface area (Å²) in [6.07, 6.45) is -5.18. The quantitative estimate of drug-likeness (QED) is 0.366. The fourth-order valence-electron chi connectivity index (χ4n) is 2.91. The van der Waals surface area contributed by atoms with Gasteiger partial charge in [-0.3, -0.25) is 14.0 Å². The summed E-state index contributed by atoms with van der Waals surface area (Å²) in [7, 11) is -1.83. The number of ether oxygens (including phenoxy) is 1. The predicted molar refractivity (Wildman–Crippen MR) is 119 cm³/mol. The van der Waals surface area contributed by atoms with E-state index in [1.54, 1.807) is 38.1 Å². The number of pyridine rings is 1. The molecule has 0 radical (unpaired) electrons. The Morgan fingerprint density at radius 2 is 1.68 bits per heavy atom. The Labute approximate surface area is 197 Å². The molecule has 0 saturated heterocycles. The van der Waals surface area contributed by atoms with Crippen LogP contribution in [-0.2, 0) is 26.8 Å². The van der Waals surface area contributed by atoms with Crippen LogP contribution in [0.15, 0.2) is 42.6 Å². The van der Waals surface area contributed by atoms with Crippen molar-refractivity contribution in [2.75, 3.05) is 11.5 Å². The third-order valence-corrected chi connectivity index (χ3v) is 6.44. The number of aromatic nitrogens is 1. The van der Waals surface area contributed by atoms with Crippen molar-refractivity contribution in [1.82, 2.24) is 4.98 Å². The Morgan fingerprint density at radius 1 is 1.09 bits per heavy atom. The molecule has 0 bridgehead atoms. The van der Waals surface area contributed by atoms with Gasteiger partial charge in [-0.25, -0.2) is 0 Å². The van der Waals surface area contributed by atoms with Crippen LogP contribution in [0.3, 0.4) is 0 Å². The number of alkyl halides is 3. The van der Waals surface area contributed by atoms with Crippen molar-refractivity contribution in [3.05, 3.63) is 53.9 Å². The van der Waals surface area contributed by atoms with E-state index in [1.165, 1.54) is 6.07 Å². The number of carboxylic acid groups (broad SMARTS) is 1. The molecule has 0 amide bonds. The molecule has 2 aromatic rings. The van der Waals surface area contributed by atoms with Crippen LogP contribution in [0.4, 0.5) is 13.2 Å². The first kappa shape index (κ1) is 27.7. The molecule has 2 rings (SSSR count). The molecule has 3 atom stereocenters. The molecule has 12 heteroatoms. The molecule has 0 aliphatic heterocycles. The van der Waals surface area contributed by atoms with E-state index in [2.05, 4.69) is 4.98 Å². The average molecular weight is 505 g/mol. The first-order valence-electron chi connectivity index (χ1n) is 10.2. The number of nitrogens with two attached hydrogens (primary N) is 1. The third kappa shape index (κ3) is 7.23. The number of nitrogens with zero attached hydrogens (tertiary/aromatic N) is 1. The lowest BCUT2D eigenvalue weighted by atomic mass is 9.95. The molecular weight excluding hydrogens is 477 g/mol. The molecule has 0 aliphatic carbocycles. The number of halogens is 3. The first-order valence-corrected chi connectivity index (χ1v) is 11.7. The van der Waals surface area contributed by atoms with Crippen molar-refractivity contribution < 1.29 is 42.2 Å². The molecular formula is C22H27F3N2O6S. The minimum Gasteiger partial charge on any atom is -0.480 e. The lowest BCUT2D eigenvalue weighted by Crippen LogP contribution is -2.44. The number of rotatable bonds is 11. The highest BCUT2D eigenvalue weighted by Crippen LogP contribution is 2.41. The summed E-state index contributed by atoms with van der Waals surface area (Å²) < 4.78 is 58.7. The van der Waals surface area contributed by atoms with Crippen LogP contribution in [0.25, 0.3) is 0 Å². The lowest BCUT2D eigenvalue weighted by molar-refractivity contribution is -0.268. The number of aliphatic carboxylic acids is 1. The Bertz CT molecular complexity index is 994. The maximum absolute atomic E-state index is 13.7. The van der Waals surface area contributed by atoms with Gasteiger partial charge in [0.25, 0.3) is 0 Å². The van der Waals surface area contributed by atoms with Crippen LogP contribution in [0.2, 0.25) is 0 Å². The largest absolute Gasteiger partial charge is 0.480 e. The van der Waals surface area contributed by atoms with E-state index in [0.717, 1.165) is 12.3 Å². The second-order valence-corrected chi connectivity index (χ2v) is 9.95. The van der Waals surface area contributed by atoms with E-state index >= 15 is 0 Å². The zero-order valence-corrected chi connectivity index (χ0v) is 19.4. The summed E-state index contributed by atoms with van der Waals surface area (Å²) in [4.78, 5) is 14.4. The Balaban J connectivity index is 2.10. The monoisotopic (exact) mass is 504 g/mol. The van der Waals surface area contributed by atoms with E-state index in [0.29, 0.717) is 11.3 Å². The van der Waals surface area contributed by atoms with Gasteiger partial charge < -0.3 is 25.8 Å². The van der Waals surface area contributed by atoms with Gasteiger partial charge in [0.05, 0.1) is 17.5 Å². The van der Waals surface area contributed by atoms with Crippen LogP contribution in [0, 0.1) is 0 Å². The molecule has 8 nitrogen and oxygen atoms in total. The molecule has 5 N–H and O–H groups in total. The standard InChI is InChI=1S/C22H27F3N2O6S/c1-20(2,30)14-3-5-15(6-4-14)33-16-7-8-18(27-13-16)21(31,22(23,24)25)10-12-34(32)11-9-17(26)19(28)29/h3-8,13,17,30-31H,9-12,26H2,1-2H3,(H,28,29). The second-order valence-electron chi connectivity index (χ2n) is 8.25. The van der Waals surface area contributed by atoms with Crippen molar-refractivity contribution >= 4 is 16.8 Å². The summed E-state index contributed by atoms with van der Waals surface area (Å²) in [6.45, 7) is 3.24. The van der Waals surface area contributed by atoms with Crippen molar-refractivity contribution in [2.24, 2.45) is 5.73 Å². The fraction of sp³-hybridized carbons (Fsp3) is 0.455. The average Bonchev–Trinajstić information content (AvgIpc) is 2.75. The summed E-state index contributed by atoms with van der Waals surface area (Å²) in [5.74, 6) is -1.56. The summed E-state index contributed by atoms with van der Waals surface area (Å²) in [6, 6.07) is 7.36. The first-order chi connectivity index (χ1) is 15.6. The molecule has 0 spiro atoms. The van der Waals surface area contributed by atoms with E-state index in [1.807, 2.05) is 0 Å². The molecule has 1 aromatic heterocycles. The molecule has 188 valence electrons. The normalized spacial score (nSPS) is 15.9. The Morgan fingerprint density at radius 3 is 2.15 bits per heavy atom. The van der Waals surface area contributed by atoms with Crippen LogP contribution in [0.5, 0.6) is 11.5 Å². The summed E-state index contributed by atoms with van der Waals surface area (Å²) in [5.41, 5.74) is 0.857. The zero-order valence-electron chi connectivity index (χ0n) is 18.6. The molecule has 1 heterocycles. The van der Waals surface area contributed by atoms with E-state index < -0.39 is 58.1 Å². The van der Waals surface area contributed by atoms with Gasteiger partial charge in [-0.1, -0.05) is 12.1 Å². The third-order valence-electron chi connectivity index (χ3n) is 5.09. The molecule has 0 fully saturated rings. The van der Waals surface area contributed by atoms with Gasteiger partial charge in [-0.15, -0.1) is 0 Å². The number of carboxylic acids is 1. The molecule has 34 heavy (non-hydrogen) atoms. The van der Waals surface area contributed by atoms with Crippen LogP contribution < -0.4 is 10.5 Å². The van der Waals surface area contributed by atoms with E-state index in [-0.39, 0.29) is 17.9 Å². The summed E-state index contributed by atoms with van der Waals surface area (Å²) >= 11 is 0. The molecule has 1 aromatic carbocycles. The van der Waals surface area contributed by atoms with Crippen LogP contribution in [-0.4, -0.2) is 54.2 Å². The van der Waals surface area contributed by atoms with Crippen LogP contribution in [0.1, 0.15) is 37.9 Å². The van der Waals surface area contributed by atoms with Crippen molar-refractivity contribution in [2.45, 2.75) is 50.1 Å². The zero-order chi connectivity index (χ0) is 25.7. The highest BCUT2D eigenvalue weighted by atomic mass is 32.2. The van der Waals surface area contributed by atoms with Gasteiger partial charge in [0.1, 0.15) is 17.5 Å².